The van der Waals surface area contributed by atoms with Crippen molar-refractivity contribution in [2.75, 3.05) is 11.9 Å². The van der Waals surface area contributed by atoms with Crippen LogP contribution in [0.15, 0.2) is 24.3 Å². The number of amides is 2. The van der Waals surface area contributed by atoms with E-state index in [1.165, 1.54) is 0 Å². The van der Waals surface area contributed by atoms with E-state index in [1.807, 2.05) is 0 Å². The summed E-state index contributed by atoms with van der Waals surface area (Å²) in [5, 5.41) is 6.60. The molecule has 0 atom stereocenters. The summed E-state index contributed by atoms with van der Waals surface area (Å²) in [5.41, 5.74) is 0.762. The molecule has 132 valence electrons. The van der Waals surface area contributed by atoms with Crippen LogP contribution in [0.1, 0.15) is 46.0 Å². The Labute approximate surface area is 149 Å². The lowest BCUT2D eigenvalue weighted by Gasteiger charge is -2.27. The van der Waals surface area contributed by atoms with Gasteiger partial charge in [0.1, 0.15) is 0 Å². The molecule has 1 aromatic rings. The van der Waals surface area contributed by atoms with Gasteiger partial charge in [-0.05, 0) is 62.3 Å². The molecule has 4 nitrogen and oxygen atoms in total. The van der Waals surface area contributed by atoms with Crippen molar-refractivity contribution in [2.45, 2.75) is 46.0 Å². The number of carbonyl (C=O) groups is 2. The molecule has 1 saturated carbocycles. The molecule has 0 radical (unpaired) electrons. The molecule has 0 saturated heterocycles. The third-order valence-corrected chi connectivity index (χ3v) is 4.85. The predicted molar refractivity (Wildman–Crippen MR) is 98.0 cm³/mol. The van der Waals surface area contributed by atoms with E-state index in [-0.39, 0.29) is 23.7 Å². The minimum Gasteiger partial charge on any atom is -0.356 e. The van der Waals surface area contributed by atoms with Crippen LogP contribution >= 0.6 is 11.6 Å². The number of nitrogens with one attached hydrogen (secondary N) is 2. The number of halogens is 1. The fourth-order valence-corrected chi connectivity index (χ4v) is 3.15. The van der Waals surface area contributed by atoms with Crippen LogP contribution in [-0.2, 0) is 9.59 Å². The second-order valence-electron chi connectivity index (χ2n) is 7.02. The normalized spacial score (nSPS) is 20.7. The zero-order chi connectivity index (χ0) is 17.5. The topological polar surface area (TPSA) is 58.2 Å². The van der Waals surface area contributed by atoms with Crippen molar-refractivity contribution in [3.05, 3.63) is 29.3 Å². The van der Waals surface area contributed by atoms with Crippen molar-refractivity contribution >= 4 is 29.1 Å². The van der Waals surface area contributed by atoms with E-state index in [1.54, 1.807) is 24.3 Å². The van der Waals surface area contributed by atoms with Gasteiger partial charge in [0, 0.05) is 29.1 Å². The molecule has 0 bridgehead atoms. The third-order valence-electron chi connectivity index (χ3n) is 4.60. The molecular formula is C19H27ClN2O2. The van der Waals surface area contributed by atoms with Crippen molar-refractivity contribution in [1.82, 2.24) is 5.32 Å². The number of anilines is 1. The fourth-order valence-electron chi connectivity index (χ4n) is 3.02. The van der Waals surface area contributed by atoms with E-state index in [2.05, 4.69) is 24.5 Å². The van der Waals surface area contributed by atoms with Crippen LogP contribution in [0.4, 0.5) is 5.69 Å². The molecule has 24 heavy (non-hydrogen) atoms. The summed E-state index contributed by atoms with van der Waals surface area (Å²) < 4.78 is 0. The van der Waals surface area contributed by atoms with Crippen LogP contribution < -0.4 is 10.6 Å². The third kappa shape index (κ3) is 5.82. The minimum atomic E-state index is -0.0135. The highest BCUT2D eigenvalue weighted by atomic mass is 35.5. The van der Waals surface area contributed by atoms with Gasteiger partial charge in [-0.1, -0.05) is 25.4 Å². The lowest BCUT2D eigenvalue weighted by molar-refractivity contribution is -0.128. The van der Waals surface area contributed by atoms with Gasteiger partial charge in [-0.3, -0.25) is 9.59 Å². The summed E-state index contributed by atoms with van der Waals surface area (Å²) >= 11 is 5.85. The number of rotatable bonds is 6. The minimum absolute atomic E-state index is 0.0135. The first-order valence-electron chi connectivity index (χ1n) is 8.80. The Morgan fingerprint density at radius 3 is 2.12 bits per heavy atom. The zero-order valence-corrected chi connectivity index (χ0v) is 15.2. The molecule has 0 heterocycles. The van der Waals surface area contributed by atoms with Gasteiger partial charge < -0.3 is 10.6 Å². The molecule has 0 aromatic heterocycles. The van der Waals surface area contributed by atoms with E-state index in [0.29, 0.717) is 10.9 Å². The Kier molecular flexibility index (Phi) is 7.10. The highest BCUT2D eigenvalue weighted by molar-refractivity contribution is 6.30. The van der Waals surface area contributed by atoms with Gasteiger partial charge in [-0.25, -0.2) is 0 Å². The highest BCUT2D eigenvalue weighted by Gasteiger charge is 2.29. The van der Waals surface area contributed by atoms with Gasteiger partial charge in [-0.15, -0.1) is 0 Å². The summed E-state index contributed by atoms with van der Waals surface area (Å²) in [5.74, 6) is 0.818. The number of hydrogen-bond acceptors (Lipinski definition) is 2. The average Bonchev–Trinajstić information content (AvgIpc) is 2.56. The molecule has 2 N–H and O–H groups in total. The Morgan fingerprint density at radius 2 is 1.58 bits per heavy atom. The van der Waals surface area contributed by atoms with Crippen LogP contribution in [0.25, 0.3) is 0 Å². The number of hydrogen-bond donors (Lipinski definition) is 2. The Bertz CT molecular complexity index is 549. The first-order chi connectivity index (χ1) is 11.5. The van der Waals surface area contributed by atoms with Gasteiger partial charge in [0.05, 0.1) is 0 Å². The van der Waals surface area contributed by atoms with E-state index < -0.39 is 0 Å². The number of carbonyl (C=O) groups excluding carboxylic acids is 2. The molecular weight excluding hydrogens is 324 g/mol. The van der Waals surface area contributed by atoms with E-state index in [9.17, 15) is 9.59 Å². The predicted octanol–water partition coefficient (Wildman–Crippen LogP) is 4.25. The Morgan fingerprint density at radius 1 is 1.04 bits per heavy atom. The van der Waals surface area contributed by atoms with Crippen LogP contribution in [0.2, 0.25) is 5.02 Å². The lowest BCUT2D eigenvalue weighted by Crippen LogP contribution is -2.36. The summed E-state index contributed by atoms with van der Waals surface area (Å²) in [7, 11) is 0. The Hall–Kier alpha value is -1.55. The monoisotopic (exact) mass is 350 g/mol. The molecule has 1 aliphatic carbocycles. The molecule has 0 aliphatic heterocycles. The maximum Gasteiger partial charge on any atom is 0.227 e. The maximum absolute atomic E-state index is 12.3. The maximum atomic E-state index is 12.3. The first kappa shape index (κ1) is 18.8. The van der Waals surface area contributed by atoms with Crippen molar-refractivity contribution in [2.24, 2.45) is 17.8 Å². The summed E-state index contributed by atoms with van der Waals surface area (Å²) in [4.78, 5) is 24.5. The molecule has 1 aromatic carbocycles. The van der Waals surface area contributed by atoms with Crippen LogP contribution in [0.5, 0.6) is 0 Å². The molecule has 5 heteroatoms. The largest absolute Gasteiger partial charge is 0.356 e. The fraction of sp³-hybridized carbons (Fsp3) is 0.579. The molecule has 0 spiro atoms. The second-order valence-corrected chi connectivity index (χ2v) is 7.45. The second kappa shape index (κ2) is 9.07. The molecule has 2 amide bonds. The quantitative estimate of drug-likeness (QED) is 0.805. The number of benzene rings is 1. The standard InChI is InChI=1S/C19H27ClN2O2/c1-13(2)11-12-21-18(23)14-3-5-15(6-4-14)19(24)22-17-9-7-16(20)8-10-17/h7-10,13-15H,3-6,11-12H2,1-2H3,(H,21,23)(H,22,24). The molecule has 2 rings (SSSR count). The summed E-state index contributed by atoms with van der Waals surface area (Å²) in [6.45, 7) is 5.04. The van der Waals surface area contributed by atoms with Gasteiger partial charge in [0.25, 0.3) is 0 Å². The molecule has 0 unspecified atom stereocenters. The van der Waals surface area contributed by atoms with Gasteiger partial charge in [0.15, 0.2) is 0 Å². The van der Waals surface area contributed by atoms with Crippen molar-refractivity contribution in [1.29, 1.82) is 0 Å². The first-order valence-corrected chi connectivity index (χ1v) is 9.17. The van der Waals surface area contributed by atoms with Crippen LogP contribution in [0, 0.1) is 17.8 Å². The van der Waals surface area contributed by atoms with E-state index in [4.69, 9.17) is 11.6 Å². The van der Waals surface area contributed by atoms with Gasteiger partial charge >= 0.3 is 0 Å². The summed E-state index contributed by atoms with van der Waals surface area (Å²) in [6, 6.07) is 7.12. The van der Waals surface area contributed by atoms with Crippen molar-refractivity contribution in [3.63, 3.8) is 0 Å². The zero-order valence-electron chi connectivity index (χ0n) is 14.5. The molecule has 1 aliphatic rings. The molecule has 1 fully saturated rings. The van der Waals surface area contributed by atoms with Crippen LogP contribution in [0.3, 0.4) is 0 Å². The van der Waals surface area contributed by atoms with Crippen LogP contribution in [-0.4, -0.2) is 18.4 Å². The SMILES string of the molecule is CC(C)CCNC(=O)C1CCC(C(=O)Nc2ccc(Cl)cc2)CC1. The van der Waals surface area contributed by atoms with E-state index in [0.717, 1.165) is 44.3 Å². The van der Waals surface area contributed by atoms with Crippen molar-refractivity contribution < 1.29 is 9.59 Å². The highest BCUT2D eigenvalue weighted by Crippen LogP contribution is 2.30. The Balaban J connectivity index is 1.74. The lowest BCUT2D eigenvalue weighted by atomic mass is 9.81. The van der Waals surface area contributed by atoms with Crippen molar-refractivity contribution in [3.8, 4) is 0 Å². The van der Waals surface area contributed by atoms with Gasteiger partial charge in [-0.2, -0.15) is 0 Å². The van der Waals surface area contributed by atoms with E-state index >= 15 is 0 Å². The summed E-state index contributed by atoms with van der Waals surface area (Å²) in [6.07, 6.45) is 4.10. The van der Waals surface area contributed by atoms with Gasteiger partial charge in [0.2, 0.25) is 11.8 Å². The smallest absolute Gasteiger partial charge is 0.227 e. The average molecular weight is 351 g/mol.